The van der Waals surface area contributed by atoms with Gasteiger partial charge in [0.25, 0.3) is 0 Å². The molecule has 2 atom stereocenters. The van der Waals surface area contributed by atoms with Gasteiger partial charge in [-0.1, -0.05) is 26.0 Å². The molecule has 10 heavy (non-hydrogen) atoms. The molecule has 0 aromatic carbocycles. The van der Waals surface area contributed by atoms with Crippen molar-refractivity contribution in [3.05, 3.63) is 19.1 Å². The summed E-state index contributed by atoms with van der Waals surface area (Å²) in [7, 11) is 0. The molecule has 0 aliphatic heterocycles. The molecule has 0 aromatic rings. The largest absolute Gasteiger partial charge is 0.0883 e. The maximum absolute atomic E-state index is 4.10. The van der Waals surface area contributed by atoms with Crippen LogP contribution in [0.3, 0.4) is 0 Å². The van der Waals surface area contributed by atoms with Crippen LogP contribution in [0.25, 0.3) is 0 Å². The molecule has 2 unspecified atom stereocenters. The molecule has 0 saturated carbocycles. The van der Waals surface area contributed by atoms with E-state index in [1.807, 2.05) is 0 Å². The Morgan fingerprint density at radius 1 is 1.30 bits per heavy atom. The SMILES string of the molecule is [CH2]C1CC/C=C\C(C)CC1. The highest BCUT2D eigenvalue weighted by atomic mass is 14.1. The van der Waals surface area contributed by atoms with E-state index >= 15 is 0 Å². The van der Waals surface area contributed by atoms with Crippen LogP contribution in [0.1, 0.15) is 32.6 Å². The summed E-state index contributed by atoms with van der Waals surface area (Å²) in [6.07, 6.45) is 9.80. The van der Waals surface area contributed by atoms with Gasteiger partial charge in [0.2, 0.25) is 0 Å². The monoisotopic (exact) mass is 137 g/mol. The van der Waals surface area contributed by atoms with Crippen molar-refractivity contribution in [1.29, 1.82) is 0 Å². The Morgan fingerprint density at radius 3 is 2.90 bits per heavy atom. The van der Waals surface area contributed by atoms with Crippen LogP contribution in [0.15, 0.2) is 12.2 Å². The van der Waals surface area contributed by atoms with Crippen LogP contribution in [-0.2, 0) is 0 Å². The molecule has 0 heterocycles. The first kappa shape index (κ1) is 7.84. The van der Waals surface area contributed by atoms with E-state index in [1.54, 1.807) is 0 Å². The third-order valence-electron chi connectivity index (χ3n) is 2.24. The highest BCUT2D eigenvalue weighted by Gasteiger charge is 2.06. The molecule has 0 N–H and O–H groups in total. The predicted molar refractivity (Wildman–Crippen MR) is 45.6 cm³/mol. The summed E-state index contributed by atoms with van der Waals surface area (Å²) in [6.45, 7) is 6.39. The molecule has 0 amide bonds. The highest BCUT2D eigenvalue weighted by Crippen LogP contribution is 2.20. The first-order valence-corrected chi connectivity index (χ1v) is 4.29. The van der Waals surface area contributed by atoms with Crippen molar-refractivity contribution in [2.24, 2.45) is 11.8 Å². The topological polar surface area (TPSA) is 0 Å². The second kappa shape index (κ2) is 3.80. The lowest BCUT2D eigenvalue weighted by Crippen LogP contribution is -2.01. The van der Waals surface area contributed by atoms with Gasteiger partial charge in [-0.2, -0.15) is 0 Å². The first-order chi connectivity index (χ1) is 4.79. The van der Waals surface area contributed by atoms with E-state index in [9.17, 15) is 0 Å². The number of hydrogen-bond acceptors (Lipinski definition) is 0. The molecule has 0 heteroatoms. The van der Waals surface area contributed by atoms with Gasteiger partial charge in [0.1, 0.15) is 0 Å². The number of rotatable bonds is 0. The zero-order chi connectivity index (χ0) is 7.40. The maximum atomic E-state index is 4.10. The van der Waals surface area contributed by atoms with Gasteiger partial charge in [0, 0.05) is 0 Å². The third kappa shape index (κ3) is 2.55. The van der Waals surface area contributed by atoms with Crippen LogP contribution in [0.2, 0.25) is 0 Å². The van der Waals surface area contributed by atoms with Crippen LogP contribution in [0, 0.1) is 18.8 Å². The van der Waals surface area contributed by atoms with E-state index < -0.39 is 0 Å². The van der Waals surface area contributed by atoms with Crippen LogP contribution in [-0.4, -0.2) is 0 Å². The summed E-state index contributed by atoms with van der Waals surface area (Å²) in [5.74, 6) is 1.48. The summed E-state index contributed by atoms with van der Waals surface area (Å²) in [5.41, 5.74) is 0. The Hall–Kier alpha value is -0.260. The van der Waals surface area contributed by atoms with Crippen molar-refractivity contribution in [2.75, 3.05) is 0 Å². The van der Waals surface area contributed by atoms with E-state index in [1.165, 1.54) is 25.7 Å². The smallest absolute Gasteiger partial charge is 0.0262 e. The fourth-order valence-corrected chi connectivity index (χ4v) is 1.40. The van der Waals surface area contributed by atoms with Gasteiger partial charge < -0.3 is 0 Å². The molecular formula is C10H17. The lowest BCUT2D eigenvalue weighted by molar-refractivity contribution is 0.470. The standard InChI is InChI=1S/C10H17/c1-9-5-3-4-6-10(2)8-7-9/h4,6,9-10H,1,3,5,7-8H2,2H3/b6-4-. The summed E-state index contributed by atoms with van der Waals surface area (Å²) < 4.78 is 0. The average molecular weight is 137 g/mol. The van der Waals surface area contributed by atoms with Gasteiger partial charge >= 0.3 is 0 Å². The van der Waals surface area contributed by atoms with E-state index in [0.29, 0.717) is 5.92 Å². The fraction of sp³-hybridized carbons (Fsp3) is 0.700. The average Bonchev–Trinajstić information content (AvgIpc) is 1.90. The minimum atomic E-state index is 0.701. The normalized spacial score (nSPS) is 38.2. The minimum absolute atomic E-state index is 0.701. The van der Waals surface area contributed by atoms with E-state index in [2.05, 4.69) is 26.0 Å². The number of allylic oxidation sites excluding steroid dienone is 2. The Labute approximate surface area is 64.3 Å². The van der Waals surface area contributed by atoms with Gasteiger partial charge in [0.15, 0.2) is 0 Å². The van der Waals surface area contributed by atoms with E-state index in [-0.39, 0.29) is 0 Å². The van der Waals surface area contributed by atoms with E-state index in [4.69, 9.17) is 0 Å². The molecule has 0 bridgehead atoms. The molecule has 0 nitrogen and oxygen atoms in total. The van der Waals surface area contributed by atoms with Crippen molar-refractivity contribution in [3.63, 3.8) is 0 Å². The van der Waals surface area contributed by atoms with Crippen molar-refractivity contribution in [2.45, 2.75) is 32.6 Å². The van der Waals surface area contributed by atoms with Crippen molar-refractivity contribution >= 4 is 0 Å². The molecule has 0 aromatic heterocycles. The second-order valence-corrected chi connectivity index (χ2v) is 3.43. The van der Waals surface area contributed by atoms with Crippen molar-refractivity contribution in [3.8, 4) is 0 Å². The molecule has 0 fully saturated rings. The van der Waals surface area contributed by atoms with Crippen LogP contribution in [0.4, 0.5) is 0 Å². The molecular weight excluding hydrogens is 120 g/mol. The van der Waals surface area contributed by atoms with Gasteiger partial charge in [-0.15, -0.1) is 0 Å². The molecule has 1 rings (SSSR count). The van der Waals surface area contributed by atoms with Crippen LogP contribution in [0.5, 0.6) is 0 Å². The van der Waals surface area contributed by atoms with Crippen LogP contribution >= 0.6 is 0 Å². The second-order valence-electron chi connectivity index (χ2n) is 3.43. The highest BCUT2D eigenvalue weighted by molar-refractivity contribution is 4.89. The van der Waals surface area contributed by atoms with Crippen LogP contribution < -0.4 is 0 Å². The van der Waals surface area contributed by atoms with Crippen molar-refractivity contribution < 1.29 is 0 Å². The van der Waals surface area contributed by atoms with Gasteiger partial charge in [-0.3, -0.25) is 0 Å². The summed E-state index contributed by atoms with van der Waals surface area (Å²) >= 11 is 0. The van der Waals surface area contributed by atoms with Gasteiger partial charge in [-0.25, -0.2) is 0 Å². The fourth-order valence-electron chi connectivity index (χ4n) is 1.40. The lowest BCUT2D eigenvalue weighted by Gasteiger charge is -2.14. The van der Waals surface area contributed by atoms with Gasteiger partial charge in [-0.05, 0) is 37.5 Å². The Morgan fingerprint density at radius 2 is 2.10 bits per heavy atom. The molecule has 0 spiro atoms. The third-order valence-corrected chi connectivity index (χ3v) is 2.24. The maximum Gasteiger partial charge on any atom is -0.0262 e. The summed E-state index contributed by atoms with van der Waals surface area (Å²) in [4.78, 5) is 0. The number of hydrogen-bond donors (Lipinski definition) is 0. The molecule has 1 aliphatic carbocycles. The summed E-state index contributed by atoms with van der Waals surface area (Å²) in [5, 5.41) is 0. The van der Waals surface area contributed by atoms with Crippen molar-refractivity contribution in [1.82, 2.24) is 0 Å². The minimum Gasteiger partial charge on any atom is -0.0883 e. The first-order valence-electron chi connectivity index (χ1n) is 4.29. The zero-order valence-electron chi connectivity index (χ0n) is 6.84. The quantitative estimate of drug-likeness (QED) is 0.450. The molecule has 0 saturated heterocycles. The lowest BCUT2D eigenvalue weighted by atomic mass is 9.91. The Bertz CT molecular complexity index is 113. The Balaban J connectivity index is 2.38. The van der Waals surface area contributed by atoms with E-state index in [0.717, 1.165) is 5.92 Å². The Kier molecular flexibility index (Phi) is 2.98. The molecule has 1 radical (unpaired) electrons. The summed E-state index contributed by atoms with van der Waals surface area (Å²) in [6, 6.07) is 0. The molecule has 57 valence electrons. The van der Waals surface area contributed by atoms with Gasteiger partial charge in [0.05, 0.1) is 0 Å². The molecule has 1 aliphatic rings. The zero-order valence-corrected chi connectivity index (χ0v) is 6.84. The predicted octanol–water partition coefficient (Wildman–Crippen LogP) is 3.20.